The number of amides is 1. The molecule has 0 fully saturated rings. The van der Waals surface area contributed by atoms with Crippen LogP contribution in [0.25, 0.3) is 0 Å². The van der Waals surface area contributed by atoms with Crippen LogP contribution in [0.15, 0.2) is 18.2 Å². The van der Waals surface area contributed by atoms with Gasteiger partial charge in [0.1, 0.15) is 0 Å². The predicted octanol–water partition coefficient (Wildman–Crippen LogP) is 2.23. The summed E-state index contributed by atoms with van der Waals surface area (Å²) in [4.78, 5) is 11.2. The topological polar surface area (TPSA) is 55.1 Å². The number of rotatable bonds is 3. The number of carbonyl (C=O) groups excluding carboxylic acids is 1. The Balaban J connectivity index is 2.25. The zero-order valence-electron chi connectivity index (χ0n) is 9.79. The van der Waals surface area contributed by atoms with Gasteiger partial charge in [0.15, 0.2) is 0 Å². The summed E-state index contributed by atoms with van der Waals surface area (Å²) in [6.07, 6.45) is 1.55. The third kappa shape index (κ3) is 1.95. The zero-order valence-corrected chi connectivity index (χ0v) is 9.79. The van der Waals surface area contributed by atoms with Crippen molar-refractivity contribution in [3.8, 4) is 0 Å². The Labute approximate surface area is 96.0 Å². The number of hydrogen-bond acceptors (Lipinski definition) is 2. The van der Waals surface area contributed by atoms with E-state index in [4.69, 9.17) is 5.73 Å². The lowest BCUT2D eigenvalue weighted by Crippen LogP contribution is -2.18. The van der Waals surface area contributed by atoms with E-state index in [-0.39, 0.29) is 11.9 Å². The van der Waals surface area contributed by atoms with Crippen molar-refractivity contribution in [3.63, 3.8) is 0 Å². The molecule has 3 N–H and O–H groups in total. The highest BCUT2D eigenvalue weighted by Gasteiger charge is 2.20. The molecule has 3 heteroatoms. The van der Waals surface area contributed by atoms with Crippen LogP contribution in [0.2, 0.25) is 0 Å². The second-order valence-corrected chi connectivity index (χ2v) is 4.55. The van der Waals surface area contributed by atoms with Crippen molar-refractivity contribution in [1.82, 2.24) is 0 Å². The SMILES string of the molecule is CCC(C)C(N)c1ccc2c(c1)CC(=O)N2. The highest BCUT2D eigenvalue weighted by atomic mass is 16.1. The third-order valence-electron chi connectivity index (χ3n) is 3.40. The number of anilines is 1. The molecule has 0 spiro atoms. The molecule has 16 heavy (non-hydrogen) atoms. The van der Waals surface area contributed by atoms with Gasteiger partial charge in [-0.3, -0.25) is 4.79 Å². The molecule has 3 nitrogen and oxygen atoms in total. The molecule has 1 aromatic carbocycles. The molecule has 0 saturated carbocycles. The summed E-state index contributed by atoms with van der Waals surface area (Å²) < 4.78 is 0. The van der Waals surface area contributed by atoms with Crippen LogP contribution in [0.5, 0.6) is 0 Å². The second-order valence-electron chi connectivity index (χ2n) is 4.55. The summed E-state index contributed by atoms with van der Waals surface area (Å²) >= 11 is 0. The fourth-order valence-electron chi connectivity index (χ4n) is 2.04. The van der Waals surface area contributed by atoms with Crippen molar-refractivity contribution >= 4 is 11.6 Å². The van der Waals surface area contributed by atoms with E-state index in [0.717, 1.165) is 23.2 Å². The van der Waals surface area contributed by atoms with Gasteiger partial charge in [-0.05, 0) is 23.1 Å². The monoisotopic (exact) mass is 218 g/mol. The van der Waals surface area contributed by atoms with E-state index in [9.17, 15) is 4.79 Å². The zero-order chi connectivity index (χ0) is 11.7. The number of nitrogens with one attached hydrogen (secondary N) is 1. The van der Waals surface area contributed by atoms with Crippen molar-refractivity contribution in [2.75, 3.05) is 5.32 Å². The van der Waals surface area contributed by atoms with Crippen molar-refractivity contribution < 1.29 is 4.79 Å². The van der Waals surface area contributed by atoms with Gasteiger partial charge >= 0.3 is 0 Å². The Bertz CT molecular complexity index is 414. The van der Waals surface area contributed by atoms with Gasteiger partial charge in [-0.25, -0.2) is 0 Å². The predicted molar refractivity (Wildman–Crippen MR) is 65.2 cm³/mol. The van der Waals surface area contributed by atoms with E-state index >= 15 is 0 Å². The largest absolute Gasteiger partial charge is 0.326 e. The molecule has 2 unspecified atom stereocenters. The van der Waals surface area contributed by atoms with Crippen LogP contribution in [0.1, 0.15) is 37.4 Å². The molecular formula is C13H18N2O. The molecule has 0 aliphatic carbocycles. The molecule has 2 rings (SSSR count). The normalized spacial score (nSPS) is 17.8. The summed E-state index contributed by atoms with van der Waals surface area (Å²) in [6, 6.07) is 6.09. The smallest absolute Gasteiger partial charge is 0.228 e. The summed E-state index contributed by atoms with van der Waals surface area (Å²) in [6.45, 7) is 4.30. The van der Waals surface area contributed by atoms with Gasteiger partial charge in [0, 0.05) is 11.7 Å². The second kappa shape index (κ2) is 4.26. The Morgan fingerprint density at radius 3 is 2.94 bits per heavy atom. The van der Waals surface area contributed by atoms with Crippen LogP contribution in [0.4, 0.5) is 5.69 Å². The number of fused-ring (bicyclic) bond motifs is 1. The average Bonchev–Trinajstić information content (AvgIpc) is 2.65. The van der Waals surface area contributed by atoms with Crippen LogP contribution in [-0.2, 0) is 11.2 Å². The summed E-state index contributed by atoms with van der Waals surface area (Å²) in [5.74, 6) is 0.535. The average molecular weight is 218 g/mol. The minimum Gasteiger partial charge on any atom is -0.326 e. The summed E-state index contributed by atoms with van der Waals surface area (Å²) in [5, 5.41) is 2.83. The molecule has 1 aliphatic rings. The van der Waals surface area contributed by atoms with Gasteiger partial charge in [0.2, 0.25) is 5.91 Å². The van der Waals surface area contributed by atoms with E-state index < -0.39 is 0 Å². The lowest BCUT2D eigenvalue weighted by Gasteiger charge is -2.19. The highest BCUT2D eigenvalue weighted by Crippen LogP contribution is 2.28. The van der Waals surface area contributed by atoms with E-state index in [1.807, 2.05) is 12.1 Å². The van der Waals surface area contributed by atoms with Crippen LogP contribution in [0.3, 0.4) is 0 Å². The maximum absolute atomic E-state index is 11.2. The maximum atomic E-state index is 11.2. The molecule has 1 heterocycles. The fraction of sp³-hybridized carbons (Fsp3) is 0.462. The summed E-state index contributed by atoms with van der Waals surface area (Å²) in [5.41, 5.74) is 9.31. The molecule has 1 aromatic rings. The van der Waals surface area contributed by atoms with E-state index in [1.165, 1.54) is 0 Å². The molecule has 0 saturated heterocycles. The Morgan fingerprint density at radius 2 is 2.25 bits per heavy atom. The standard InChI is InChI=1S/C13H18N2O/c1-3-8(2)13(14)9-4-5-11-10(6-9)7-12(16)15-11/h4-6,8,13H,3,7,14H2,1-2H3,(H,15,16). The lowest BCUT2D eigenvalue weighted by atomic mass is 9.92. The van der Waals surface area contributed by atoms with E-state index in [1.54, 1.807) is 0 Å². The summed E-state index contributed by atoms with van der Waals surface area (Å²) in [7, 11) is 0. The first-order valence-corrected chi connectivity index (χ1v) is 5.80. The van der Waals surface area contributed by atoms with Crippen molar-refractivity contribution in [2.45, 2.75) is 32.7 Å². The first kappa shape index (κ1) is 11.1. The third-order valence-corrected chi connectivity index (χ3v) is 3.40. The fourth-order valence-corrected chi connectivity index (χ4v) is 2.04. The van der Waals surface area contributed by atoms with Gasteiger partial charge in [-0.1, -0.05) is 32.4 Å². The highest BCUT2D eigenvalue weighted by molar-refractivity contribution is 5.99. The number of benzene rings is 1. The number of nitrogens with two attached hydrogens (primary N) is 1. The van der Waals surface area contributed by atoms with E-state index in [2.05, 4.69) is 25.2 Å². The molecule has 1 amide bonds. The number of hydrogen-bond donors (Lipinski definition) is 2. The van der Waals surface area contributed by atoms with Crippen molar-refractivity contribution in [1.29, 1.82) is 0 Å². The molecule has 2 atom stereocenters. The first-order valence-electron chi connectivity index (χ1n) is 5.80. The molecule has 86 valence electrons. The lowest BCUT2D eigenvalue weighted by molar-refractivity contribution is -0.115. The van der Waals surface area contributed by atoms with Crippen molar-refractivity contribution in [2.24, 2.45) is 11.7 Å². The molecule has 0 radical (unpaired) electrons. The van der Waals surface area contributed by atoms with Crippen LogP contribution >= 0.6 is 0 Å². The van der Waals surface area contributed by atoms with Gasteiger partial charge in [-0.15, -0.1) is 0 Å². The molecule has 1 aliphatic heterocycles. The molecule has 0 bridgehead atoms. The molecule has 0 aromatic heterocycles. The maximum Gasteiger partial charge on any atom is 0.228 e. The van der Waals surface area contributed by atoms with Crippen molar-refractivity contribution in [3.05, 3.63) is 29.3 Å². The minimum atomic E-state index is 0.0611. The van der Waals surface area contributed by atoms with Gasteiger partial charge in [0.05, 0.1) is 6.42 Å². The van der Waals surface area contributed by atoms with Crippen LogP contribution in [-0.4, -0.2) is 5.91 Å². The van der Waals surface area contributed by atoms with E-state index in [0.29, 0.717) is 12.3 Å². The van der Waals surface area contributed by atoms with Gasteiger partial charge < -0.3 is 11.1 Å². The van der Waals surface area contributed by atoms with Gasteiger partial charge in [-0.2, -0.15) is 0 Å². The van der Waals surface area contributed by atoms with Crippen LogP contribution in [0, 0.1) is 5.92 Å². The first-order chi connectivity index (χ1) is 7.61. The minimum absolute atomic E-state index is 0.0611. The Hall–Kier alpha value is -1.35. The van der Waals surface area contributed by atoms with Crippen LogP contribution < -0.4 is 11.1 Å². The number of carbonyl (C=O) groups is 1. The quantitative estimate of drug-likeness (QED) is 0.817. The molecular weight excluding hydrogens is 200 g/mol. The Morgan fingerprint density at radius 1 is 1.50 bits per heavy atom. The van der Waals surface area contributed by atoms with Gasteiger partial charge in [0.25, 0.3) is 0 Å². The Kier molecular flexibility index (Phi) is 2.97.